The maximum absolute atomic E-state index is 12.6. The highest BCUT2D eigenvalue weighted by Crippen LogP contribution is 2.40. The molecule has 2 aliphatic rings. The molecule has 0 atom stereocenters. The SMILES string of the molecule is CCOc1ccc(OCC(=O)Nc2cc(C3CC3)nn2-c2nc3c(c(=O)[nH]2)CCC3)cc1. The maximum atomic E-state index is 12.6. The van der Waals surface area contributed by atoms with Crippen LogP contribution in [0.5, 0.6) is 11.5 Å². The van der Waals surface area contributed by atoms with Gasteiger partial charge in [0.2, 0.25) is 5.95 Å². The van der Waals surface area contributed by atoms with Crippen molar-refractivity contribution in [3.05, 3.63) is 57.6 Å². The lowest BCUT2D eigenvalue weighted by atomic mass is 10.3. The van der Waals surface area contributed by atoms with Gasteiger partial charge in [-0.05, 0) is 63.3 Å². The van der Waals surface area contributed by atoms with E-state index >= 15 is 0 Å². The number of carbonyl (C=O) groups is 1. The van der Waals surface area contributed by atoms with Crippen LogP contribution in [-0.2, 0) is 17.6 Å². The van der Waals surface area contributed by atoms with E-state index in [1.54, 1.807) is 24.3 Å². The van der Waals surface area contributed by atoms with Crippen molar-refractivity contribution in [3.63, 3.8) is 0 Å². The van der Waals surface area contributed by atoms with Gasteiger partial charge in [-0.3, -0.25) is 14.6 Å². The number of H-pyrrole nitrogens is 1. The number of amides is 1. The van der Waals surface area contributed by atoms with E-state index in [-0.39, 0.29) is 18.1 Å². The Morgan fingerprint density at radius 1 is 1.19 bits per heavy atom. The van der Waals surface area contributed by atoms with Gasteiger partial charge in [0.1, 0.15) is 17.3 Å². The van der Waals surface area contributed by atoms with E-state index in [9.17, 15) is 9.59 Å². The molecule has 1 aromatic carbocycles. The summed E-state index contributed by atoms with van der Waals surface area (Å²) in [7, 11) is 0. The van der Waals surface area contributed by atoms with Gasteiger partial charge in [-0.1, -0.05) is 0 Å². The summed E-state index contributed by atoms with van der Waals surface area (Å²) in [6.07, 6.45) is 4.59. The van der Waals surface area contributed by atoms with Gasteiger partial charge in [-0.25, -0.2) is 4.98 Å². The zero-order chi connectivity index (χ0) is 22.1. The molecule has 3 aromatic rings. The lowest BCUT2D eigenvalue weighted by Crippen LogP contribution is -2.24. The highest BCUT2D eigenvalue weighted by Gasteiger charge is 2.29. The van der Waals surface area contributed by atoms with Gasteiger partial charge in [-0.15, -0.1) is 0 Å². The van der Waals surface area contributed by atoms with E-state index in [0.29, 0.717) is 30.0 Å². The average molecular weight is 435 g/mol. The summed E-state index contributed by atoms with van der Waals surface area (Å²) >= 11 is 0. The zero-order valence-electron chi connectivity index (χ0n) is 17.9. The molecule has 5 rings (SSSR count). The molecule has 1 saturated carbocycles. The molecule has 0 unspecified atom stereocenters. The summed E-state index contributed by atoms with van der Waals surface area (Å²) in [6.45, 7) is 2.34. The van der Waals surface area contributed by atoms with Gasteiger partial charge in [0, 0.05) is 17.5 Å². The number of hydrogen-bond acceptors (Lipinski definition) is 6. The number of ether oxygens (including phenoxy) is 2. The van der Waals surface area contributed by atoms with Crippen LogP contribution < -0.4 is 20.3 Å². The van der Waals surface area contributed by atoms with Crippen molar-refractivity contribution < 1.29 is 14.3 Å². The first-order chi connectivity index (χ1) is 15.6. The van der Waals surface area contributed by atoms with Crippen LogP contribution in [0.1, 0.15) is 49.1 Å². The van der Waals surface area contributed by atoms with E-state index < -0.39 is 0 Å². The van der Waals surface area contributed by atoms with Gasteiger partial charge in [-0.2, -0.15) is 9.78 Å². The van der Waals surface area contributed by atoms with Crippen molar-refractivity contribution in [1.82, 2.24) is 19.7 Å². The molecule has 0 spiro atoms. The highest BCUT2D eigenvalue weighted by molar-refractivity contribution is 5.91. The Hall–Kier alpha value is -3.62. The van der Waals surface area contributed by atoms with Gasteiger partial charge in [0.05, 0.1) is 18.0 Å². The number of aromatic nitrogens is 4. The third-order valence-corrected chi connectivity index (χ3v) is 5.63. The van der Waals surface area contributed by atoms with Crippen LogP contribution in [0.3, 0.4) is 0 Å². The molecule has 2 heterocycles. The summed E-state index contributed by atoms with van der Waals surface area (Å²) in [5, 5.41) is 7.47. The molecule has 2 N–H and O–H groups in total. The smallest absolute Gasteiger partial charge is 0.263 e. The fourth-order valence-corrected chi connectivity index (χ4v) is 3.88. The number of nitrogens with zero attached hydrogens (tertiary/aromatic N) is 3. The minimum atomic E-state index is -0.328. The number of hydrogen-bond donors (Lipinski definition) is 2. The predicted octanol–water partition coefficient (Wildman–Crippen LogP) is 2.74. The van der Waals surface area contributed by atoms with Crippen molar-refractivity contribution in [3.8, 4) is 17.4 Å². The van der Waals surface area contributed by atoms with E-state index in [0.717, 1.165) is 54.8 Å². The van der Waals surface area contributed by atoms with E-state index in [4.69, 9.17) is 9.47 Å². The fourth-order valence-electron chi connectivity index (χ4n) is 3.88. The summed E-state index contributed by atoms with van der Waals surface area (Å²) in [5.74, 6) is 2.16. The summed E-state index contributed by atoms with van der Waals surface area (Å²) in [5.41, 5.74) is 2.30. The van der Waals surface area contributed by atoms with E-state index in [1.807, 2.05) is 13.0 Å². The second-order valence-electron chi connectivity index (χ2n) is 8.05. The third kappa shape index (κ3) is 4.23. The first kappa shape index (κ1) is 20.3. The number of rotatable bonds is 8. The molecule has 9 heteroatoms. The highest BCUT2D eigenvalue weighted by atomic mass is 16.5. The van der Waals surface area contributed by atoms with Crippen molar-refractivity contribution in [2.75, 3.05) is 18.5 Å². The molecular formula is C23H25N5O4. The molecule has 0 radical (unpaired) electrons. The zero-order valence-corrected chi connectivity index (χ0v) is 17.9. The first-order valence-corrected chi connectivity index (χ1v) is 11.0. The number of aryl methyl sites for hydroxylation is 1. The number of carbonyl (C=O) groups excluding carboxylic acids is 1. The van der Waals surface area contributed by atoms with Crippen molar-refractivity contribution >= 4 is 11.7 Å². The Bertz CT molecular complexity index is 1190. The number of aromatic amines is 1. The number of fused-ring (bicyclic) bond motifs is 1. The molecule has 0 saturated heterocycles. The molecule has 166 valence electrons. The Morgan fingerprint density at radius 3 is 2.66 bits per heavy atom. The Labute approximate surface area is 184 Å². The molecule has 0 bridgehead atoms. The number of nitrogens with one attached hydrogen (secondary N) is 2. The van der Waals surface area contributed by atoms with Crippen LogP contribution >= 0.6 is 0 Å². The molecule has 32 heavy (non-hydrogen) atoms. The molecule has 9 nitrogen and oxygen atoms in total. The quantitative estimate of drug-likeness (QED) is 0.563. The minimum Gasteiger partial charge on any atom is -0.494 e. The van der Waals surface area contributed by atoms with Crippen molar-refractivity contribution in [2.24, 2.45) is 0 Å². The van der Waals surface area contributed by atoms with Crippen LogP contribution in [0.2, 0.25) is 0 Å². The summed E-state index contributed by atoms with van der Waals surface area (Å²) in [4.78, 5) is 32.5. The molecule has 1 amide bonds. The van der Waals surface area contributed by atoms with E-state index in [1.165, 1.54) is 4.68 Å². The maximum Gasteiger partial charge on any atom is 0.263 e. The Morgan fingerprint density at radius 2 is 1.94 bits per heavy atom. The first-order valence-electron chi connectivity index (χ1n) is 11.0. The Kier molecular flexibility index (Phi) is 5.38. The van der Waals surface area contributed by atoms with Crippen LogP contribution in [0.25, 0.3) is 5.95 Å². The van der Waals surface area contributed by atoms with Crippen molar-refractivity contribution in [2.45, 2.75) is 44.9 Å². The Balaban J connectivity index is 1.33. The van der Waals surface area contributed by atoms with Crippen LogP contribution in [0.15, 0.2) is 35.1 Å². The van der Waals surface area contributed by atoms with E-state index in [2.05, 4.69) is 20.4 Å². The topological polar surface area (TPSA) is 111 Å². The second-order valence-corrected chi connectivity index (χ2v) is 8.05. The monoisotopic (exact) mass is 435 g/mol. The van der Waals surface area contributed by atoms with Crippen molar-refractivity contribution in [1.29, 1.82) is 0 Å². The number of benzene rings is 1. The van der Waals surface area contributed by atoms with Gasteiger partial charge in [0.15, 0.2) is 6.61 Å². The van der Waals surface area contributed by atoms with Gasteiger partial charge >= 0.3 is 0 Å². The molecule has 1 fully saturated rings. The molecule has 2 aromatic heterocycles. The molecular weight excluding hydrogens is 410 g/mol. The lowest BCUT2D eigenvalue weighted by molar-refractivity contribution is -0.118. The predicted molar refractivity (Wildman–Crippen MR) is 118 cm³/mol. The fraction of sp³-hybridized carbons (Fsp3) is 0.391. The second kappa shape index (κ2) is 8.49. The normalized spacial score (nSPS) is 14.8. The lowest BCUT2D eigenvalue weighted by Gasteiger charge is -2.10. The molecule has 2 aliphatic carbocycles. The third-order valence-electron chi connectivity index (χ3n) is 5.63. The van der Waals surface area contributed by atoms with Crippen LogP contribution in [0, 0.1) is 0 Å². The summed E-state index contributed by atoms with van der Waals surface area (Å²) < 4.78 is 12.5. The molecule has 0 aliphatic heterocycles. The van der Waals surface area contributed by atoms with Gasteiger partial charge < -0.3 is 14.8 Å². The minimum absolute atomic E-state index is 0.137. The number of anilines is 1. The van der Waals surface area contributed by atoms with Gasteiger partial charge in [0.25, 0.3) is 11.5 Å². The standard InChI is InChI=1S/C23H25N5O4/c1-2-31-15-8-10-16(11-9-15)32-13-21(29)25-20-12-19(14-6-7-14)27-28(20)23-24-18-5-3-4-17(18)22(30)26-23/h8-12,14H,2-7,13H2,1H3,(H,25,29)(H,24,26,30). The van der Waals surface area contributed by atoms with Crippen LogP contribution in [-0.4, -0.2) is 38.9 Å². The summed E-state index contributed by atoms with van der Waals surface area (Å²) in [6, 6.07) is 8.95. The average Bonchev–Trinajstić information content (AvgIpc) is 3.37. The largest absolute Gasteiger partial charge is 0.494 e. The van der Waals surface area contributed by atoms with Crippen LogP contribution in [0.4, 0.5) is 5.82 Å².